The van der Waals surface area contributed by atoms with Crippen molar-refractivity contribution < 1.29 is 47.7 Å². The summed E-state index contributed by atoms with van der Waals surface area (Å²) in [6.07, 6.45) is 5.11. The lowest BCUT2D eigenvalue weighted by Crippen LogP contribution is -2.65. The maximum absolute atomic E-state index is 14.4. The van der Waals surface area contributed by atoms with Crippen molar-refractivity contribution in [1.29, 1.82) is 5.41 Å². The van der Waals surface area contributed by atoms with E-state index >= 15 is 0 Å². The third-order valence-corrected chi connectivity index (χ3v) is 17.2. The molecule has 5 rings (SSSR count). The predicted octanol–water partition coefficient (Wildman–Crippen LogP) is 9.96. The van der Waals surface area contributed by atoms with Crippen molar-refractivity contribution in [2.75, 3.05) is 60.3 Å². The van der Waals surface area contributed by atoms with Crippen LogP contribution in [-0.2, 0) is 40.0 Å². The summed E-state index contributed by atoms with van der Waals surface area (Å²) >= 11 is 0. The lowest BCUT2D eigenvalue weighted by atomic mass is 10.0. The van der Waals surface area contributed by atoms with Crippen LogP contribution in [0.4, 0.5) is 14.4 Å². The molecule has 3 heterocycles. The van der Waals surface area contributed by atoms with Crippen molar-refractivity contribution in [2.24, 2.45) is 11.8 Å². The molecule has 21 heteroatoms. The van der Waals surface area contributed by atoms with Gasteiger partial charge in [0.2, 0.25) is 11.8 Å². The van der Waals surface area contributed by atoms with Gasteiger partial charge in [0.1, 0.15) is 48.8 Å². The molecule has 2 aromatic carbocycles. The molecule has 2 aliphatic heterocycles. The van der Waals surface area contributed by atoms with E-state index in [1.807, 2.05) is 69.1 Å². The first-order chi connectivity index (χ1) is 36.6. The van der Waals surface area contributed by atoms with Crippen LogP contribution in [0.5, 0.6) is 0 Å². The van der Waals surface area contributed by atoms with E-state index in [2.05, 4.69) is 78.7 Å². The first-order valence-corrected chi connectivity index (χ1v) is 34.8. The highest BCUT2D eigenvalue weighted by molar-refractivity contribution is 6.76. The number of nitrogens with zero attached hydrogens (tertiary/aromatic N) is 6. The summed E-state index contributed by atoms with van der Waals surface area (Å²) in [5, 5.41) is 15.2. The van der Waals surface area contributed by atoms with Crippen molar-refractivity contribution in [2.45, 2.75) is 149 Å². The fourth-order valence-corrected chi connectivity index (χ4v) is 10.6. The Kier molecular flexibility index (Phi) is 22.3. The third kappa shape index (κ3) is 18.0. The molecular weight excluding hydrogens is 1030 g/mol. The van der Waals surface area contributed by atoms with E-state index in [0.29, 0.717) is 19.8 Å². The molecule has 0 spiro atoms. The molecule has 0 aliphatic carbocycles. The number of aromatic nitrogens is 2. The van der Waals surface area contributed by atoms with Crippen LogP contribution in [-0.4, -0.2) is 165 Å². The monoisotopic (exact) mass is 1120 g/mol. The number of hydrogen-bond donors (Lipinski definition) is 3. The topological polar surface area (TPSA) is 210 Å². The Balaban J connectivity index is 1.42. The van der Waals surface area contributed by atoms with Crippen LogP contribution >= 0.6 is 0 Å². The zero-order valence-electron chi connectivity index (χ0n) is 49.1. The quantitative estimate of drug-likeness (QED) is 0.0214. The van der Waals surface area contributed by atoms with Crippen molar-refractivity contribution in [3.05, 3.63) is 72.3 Å². The Hall–Kier alpha value is -6.04. The molecule has 5 amide bonds. The molecule has 3 N–H and O–H groups in total. The van der Waals surface area contributed by atoms with Crippen LogP contribution in [0.25, 0.3) is 28.5 Å². The first kappa shape index (κ1) is 62.8. The van der Waals surface area contributed by atoms with E-state index in [9.17, 15) is 29.4 Å². The predicted molar refractivity (Wildman–Crippen MR) is 310 cm³/mol. The number of amidine groups is 1. The second-order valence-electron chi connectivity index (χ2n) is 24.4. The number of piperazine rings is 1. The van der Waals surface area contributed by atoms with Gasteiger partial charge in [-0.2, -0.15) is 0 Å². The zero-order valence-corrected chi connectivity index (χ0v) is 51.1. The fourth-order valence-electron chi connectivity index (χ4n) is 9.11. The van der Waals surface area contributed by atoms with E-state index in [0.717, 1.165) is 58.7 Å². The van der Waals surface area contributed by atoms with Gasteiger partial charge in [0, 0.05) is 55.2 Å². The number of imidazole rings is 1. The van der Waals surface area contributed by atoms with Gasteiger partial charge in [-0.1, -0.05) is 116 Å². The normalized spacial score (nSPS) is 17.1. The standard InChI is InChI=1S/C57H89N9O10Si2/c1-39(2)48(60-54(69)72-8)52(67)64-27-16-17-45(64)51-59-35-46(66(51)38-75-32-34-78(13,14)15)44-24-22-43(23-25-44)42-20-18-41(19-21-42)26-28-63(37-74-31-33-77(10,11)12)50(58)47-36-62(56(71)76-57(5,6)7)29-30-65(47)53(68)49(40(3)4)61-55(70)73-9/h18-26,28,35,39-40,45,47-49,58H,16-17,27,29-34,36-38H2,1-15H3,(H,60,69)(H,61,70)/b28-26+,58-50?/t45-,47-,48-,49-/m0/s1. The van der Waals surface area contributed by atoms with Crippen LogP contribution in [0.1, 0.15) is 78.7 Å². The van der Waals surface area contributed by atoms with Gasteiger partial charge in [-0.05, 0) is 85.9 Å². The first-order valence-electron chi connectivity index (χ1n) is 27.3. The minimum absolute atomic E-state index is 0.0120. The van der Waals surface area contributed by atoms with Gasteiger partial charge in [0.25, 0.3) is 0 Å². The Bertz CT molecular complexity index is 2530. The van der Waals surface area contributed by atoms with Crippen molar-refractivity contribution in [3.8, 4) is 22.4 Å². The smallest absolute Gasteiger partial charge is 0.410 e. The number of carbonyl (C=O) groups excluding carboxylic acids is 5. The van der Waals surface area contributed by atoms with Gasteiger partial charge in [0.05, 0.1) is 38.7 Å². The number of alkyl carbamates (subject to hydrolysis) is 2. The number of methoxy groups -OCH3 is 2. The Morgan fingerprint density at radius 3 is 1.81 bits per heavy atom. The molecule has 430 valence electrons. The van der Waals surface area contributed by atoms with Crippen molar-refractivity contribution in [1.82, 2.24) is 39.8 Å². The molecule has 0 saturated carbocycles. The lowest BCUT2D eigenvalue weighted by Gasteiger charge is -2.44. The maximum Gasteiger partial charge on any atom is 0.410 e. The van der Waals surface area contributed by atoms with Crippen LogP contribution in [0, 0.1) is 17.2 Å². The van der Waals surface area contributed by atoms with E-state index in [-0.39, 0.29) is 62.7 Å². The van der Waals surface area contributed by atoms with Crippen LogP contribution in [0.15, 0.2) is 60.9 Å². The lowest BCUT2D eigenvalue weighted by molar-refractivity contribution is -0.138. The molecule has 2 fully saturated rings. The maximum atomic E-state index is 14.4. The average Bonchev–Trinajstić information content (AvgIpc) is 4.07. The second-order valence-corrected chi connectivity index (χ2v) is 35.6. The zero-order chi connectivity index (χ0) is 57.7. The van der Waals surface area contributed by atoms with Gasteiger partial charge in [-0.15, -0.1) is 0 Å². The molecule has 2 aliphatic rings. The van der Waals surface area contributed by atoms with Gasteiger partial charge < -0.3 is 58.5 Å². The van der Waals surface area contributed by atoms with Crippen LogP contribution in [0.2, 0.25) is 51.4 Å². The van der Waals surface area contributed by atoms with Crippen LogP contribution < -0.4 is 10.6 Å². The number of benzene rings is 2. The summed E-state index contributed by atoms with van der Waals surface area (Å²) in [6, 6.07) is 15.4. The molecule has 0 bridgehead atoms. The summed E-state index contributed by atoms with van der Waals surface area (Å²) in [5.41, 5.74) is 3.89. The van der Waals surface area contributed by atoms with E-state index in [1.165, 1.54) is 19.1 Å². The number of ether oxygens (including phenoxy) is 5. The Morgan fingerprint density at radius 1 is 0.756 bits per heavy atom. The highest BCUT2D eigenvalue weighted by Gasteiger charge is 2.42. The third-order valence-electron chi connectivity index (χ3n) is 13.8. The molecule has 78 heavy (non-hydrogen) atoms. The Labute approximate surface area is 465 Å². The largest absolute Gasteiger partial charge is 0.453 e. The number of hydrogen-bond acceptors (Lipinski definition) is 12. The van der Waals surface area contributed by atoms with Gasteiger partial charge in [0.15, 0.2) is 0 Å². The number of carbonyl (C=O) groups is 5. The van der Waals surface area contributed by atoms with Crippen molar-refractivity contribution in [3.63, 3.8) is 0 Å². The van der Waals surface area contributed by atoms with Crippen molar-refractivity contribution >= 4 is 58.2 Å². The molecule has 0 radical (unpaired) electrons. The summed E-state index contributed by atoms with van der Waals surface area (Å²) in [6.45, 7) is 28.8. The summed E-state index contributed by atoms with van der Waals surface area (Å²) in [5.74, 6) is -0.252. The fraction of sp³-hybridized carbons (Fsp3) is 0.596. The summed E-state index contributed by atoms with van der Waals surface area (Å²) in [7, 11) is -0.300. The number of rotatable bonds is 22. The highest BCUT2D eigenvalue weighted by atomic mass is 28.3. The second kappa shape index (κ2) is 27.7. The highest BCUT2D eigenvalue weighted by Crippen LogP contribution is 2.36. The van der Waals surface area contributed by atoms with Gasteiger partial charge in [-0.3, -0.25) is 15.0 Å². The van der Waals surface area contributed by atoms with E-state index < -0.39 is 64.1 Å². The molecule has 19 nitrogen and oxygen atoms in total. The number of likely N-dealkylation sites (tertiary alicyclic amines) is 1. The van der Waals surface area contributed by atoms with E-state index in [4.69, 9.17) is 28.7 Å². The minimum Gasteiger partial charge on any atom is -0.453 e. The number of nitrogens with one attached hydrogen (secondary N) is 3. The van der Waals surface area contributed by atoms with E-state index in [1.54, 1.807) is 36.8 Å². The molecule has 3 aromatic rings. The molecule has 2 saturated heterocycles. The molecular formula is C57H89N9O10Si2. The minimum atomic E-state index is -1.46. The molecule has 0 unspecified atom stereocenters. The summed E-state index contributed by atoms with van der Waals surface area (Å²) in [4.78, 5) is 78.2. The molecule has 1 aromatic heterocycles. The SMILES string of the molecule is COC(=O)N[C@H](C(=O)N1CCN(C(=O)OC(C)(C)C)C[C@H]1C(=N)N(/C=C/c1ccc(-c2ccc(-c3cnc([C@@H]4CCCN4C(=O)[C@@H](NC(=O)OC)C(C)C)n3COCC[Si](C)(C)C)cc2)cc1)COCC[Si](C)(C)C)C(C)C. The molecule has 4 atom stereocenters. The Morgan fingerprint density at radius 2 is 1.28 bits per heavy atom. The average molecular weight is 1120 g/mol. The van der Waals surface area contributed by atoms with Crippen LogP contribution in [0.3, 0.4) is 0 Å². The number of amides is 5. The van der Waals surface area contributed by atoms with Gasteiger partial charge in [-0.25, -0.2) is 19.4 Å². The summed E-state index contributed by atoms with van der Waals surface area (Å²) < 4.78 is 30.1. The van der Waals surface area contributed by atoms with Gasteiger partial charge >= 0.3 is 18.3 Å².